The first-order valence-electron chi connectivity index (χ1n) is 11.1. The van der Waals surface area contributed by atoms with Crippen LogP contribution in [0.4, 0.5) is 43.9 Å². The number of alkyl halides is 10. The molecule has 4 atom stereocenters. The Morgan fingerprint density at radius 1 is 0.822 bits per heavy atom. The molecule has 0 aliphatic heterocycles. The summed E-state index contributed by atoms with van der Waals surface area (Å²) in [5, 5.41) is 22.7. The van der Waals surface area contributed by atoms with Gasteiger partial charge in [-0.1, -0.05) is 30.3 Å². The van der Waals surface area contributed by atoms with Gasteiger partial charge in [0, 0.05) is 39.4 Å². The molecule has 251 valence electrons. The number of aliphatic hydroxyl groups is 1. The van der Waals surface area contributed by atoms with E-state index in [1.54, 1.807) is 19.4 Å². The quantitative estimate of drug-likeness (QED) is 0.197. The van der Waals surface area contributed by atoms with Gasteiger partial charge in [-0.15, -0.1) is 4.36 Å². The van der Waals surface area contributed by atoms with E-state index in [4.69, 9.17) is 15.6 Å². The normalized spacial score (nSPS) is 14.9. The first-order valence-corrected chi connectivity index (χ1v) is 14.8. The zero-order valence-electron chi connectivity index (χ0n) is 23.3. The Hall–Kier alpha value is -3.30. The van der Waals surface area contributed by atoms with Crippen molar-refractivity contribution in [1.29, 1.82) is 10.5 Å². The molecule has 0 aliphatic carbocycles. The molecule has 0 spiro atoms. The highest BCUT2D eigenvalue weighted by atomic mass is 32.2. The molecule has 0 bridgehead atoms. The Balaban J connectivity index is -0.000000713. The molecule has 2 aromatic rings. The van der Waals surface area contributed by atoms with E-state index in [0.717, 1.165) is 31.6 Å². The van der Waals surface area contributed by atoms with Crippen molar-refractivity contribution in [2.24, 2.45) is 8.73 Å². The fraction of sp³-hybridized carbons (Fsp3) is 0.500. The van der Waals surface area contributed by atoms with Crippen molar-refractivity contribution in [3.8, 4) is 12.4 Å². The third-order valence-electron chi connectivity index (χ3n) is 5.44. The largest absolute Gasteiger partial charge is 0.459 e. The predicted octanol–water partition coefficient (Wildman–Crippen LogP) is 6.95. The zero-order valence-corrected chi connectivity index (χ0v) is 25.0. The second-order valence-corrected chi connectivity index (χ2v) is 12.7. The first kappa shape index (κ1) is 46.1. The van der Waals surface area contributed by atoms with Gasteiger partial charge in [-0.05, 0) is 43.4 Å². The van der Waals surface area contributed by atoms with Gasteiger partial charge < -0.3 is 5.11 Å². The molecular weight excluding hydrogens is 669 g/mol. The van der Waals surface area contributed by atoms with Crippen molar-refractivity contribution in [3.05, 3.63) is 59.2 Å². The lowest BCUT2D eigenvalue weighted by molar-refractivity contribution is -0.291. The Labute approximate surface area is 258 Å². The molecule has 45 heavy (non-hydrogen) atoms. The van der Waals surface area contributed by atoms with Crippen LogP contribution in [0.25, 0.3) is 0 Å². The van der Waals surface area contributed by atoms with E-state index in [9.17, 15) is 48.1 Å². The maximum atomic E-state index is 13.0. The van der Waals surface area contributed by atoms with Gasteiger partial charge in [0.2, 0.25) is 12.4 Å². The summed E-state index contributed by atoms with van der Waals surface area (Å²) in [6.45, 7) is 3.09. The van der Waals surface area contributed by atoms with E-state index in [0.29, 0.717) is 17.7 Å². The third kappa shape index (κ3) is 11.9. The van der Waals surface area contributed by atoms with Crippen LogP contribution in [0.5, 0.6) is 0 Å². The standard InChI is InChI=1S/C11H10F5N3OS.C11H10F5N3S.CH4O.CH4.B/c1-7(21(2,20)19-6-17)8-3-4-9(18-5-8)10(12,13)11(14,15)16;1-7(20(2)19-6-17)8-3-4-9(18-5-8)10(12,13)11(14,15)16;1-2;;/h3-5,7H,1-2H3;3-5,7H,1-2H3;2H,1H3;1H4;. The van der Waals surface area contributed by atoms with E-state index >= 15 is 0 Å². The van der Waals surface area contributed by atoms with Gasteiger partial charge in [-0.3, -0.25) is 9.97 Å². The second kappa shape index (κ2) is 18.0. The van der Waals surface area contributed by atoms with Crippen LogP contribution in [0.2, 0.25) is 0 Å². The maximum Gasteiger partial charge on any atom is 0.459 e. The van der Waals surface area contributed by atoms with Gasteiger partial charge in [-0.25, -0.2) is 4.21 Å². The number of aromatic nitrogens is 2. The van der Waals surface area contributed by atoms with E-state index in [-0.39, 0.29) is 26.7 Å². The summed E-state index contributed by atoms with van der Waals surface area (Å²) in [7, 11) is -2.67. The maximum absolute atomic E-state index is 13.0. The summed E-state index contributed by atoms with van der Waals surface area (Å²) in [6, 6.07) is 3.26. The number of halogens is 10. The van der Waals surface area contributed by atoms with E-state index in [1.165, 1.54) is 19.4 Å². The lowest BCUT2D eigenvalue weighted by atomic mass is 10.1. The summed E-state index contributed by atoms with van der Waals surface area (Å²) in [6.07, 6.45) is -3.87. The molecule has 2 rings (SSSR count). The van der Waals surface area contributed by atoms with E-state index in [1.807, 2.05) is 0 Å². The van der Waals surface area contributed by atoms with Crippen LogP contribution in [0, 0.1) is 22.9 Å². The van der Waals surface area contributed by atoms with Crippen molar-refractivity contribution < 1.29 is 53.2 Å². The minimum atomic E-state index is -5.75. The van der Waals surface area contributed by atoms with Gasteiger partial charge in [0.1, 0.15) is 11.4 Å². The van der Waals surface area contributed by atoms with Gasteiger partial charge in [0.05, 0.1) is 15.0 Å². The number of nitrogens with zero attached hydrogens (tertiary/aromatic N) is 6. The number of nitriles is 2. The fourth-order valence-electron chi connectivity index (χ4n) is 2.71. The van der Waals surface area contributed by atoms with Crippen LogP contribution in [0.3, 0.4) is 0 Å². The minimum absolute atomic E-state index is 0. The van der Waals surface area contributed by atoms with Crippen molar-refractivity contribution >= 4 is 28.8 Å². The van der Waals surface area contributed by atoms with Crippen LogP contribution < -0.4 is 0 Å². The molecule has 21 heteroatoms. The van der Waals surface area contributed by atoms with Crippen LogP contribution in [-0.4, -0.2) is 59.7 Å². The highest BCUT2D eigenvalue weighted by molar-refractivity contribution is 7.93. The minimum Gasteiger partial charge on any atom is -0.400 e. The Bertz CT molecular complexity index is 1450. The highest BCUT2D eigenvalue weighted by Crippen LogP contribution is 2.44. The monoisotopic (exact) mass is 697 g/mol. The number of rotatable bonds is 6. The van der Waals surface area contributed by atoms with Crippen LogP contribution in [0.1, 0.15) is 54.3 Å². The molecule has 4 unspecified atom stereocenters. The Morgan fingerprint density at radius 3 is 1.49 bits per heavy atom. The number of aliphatic hydroxyl groups excluding tert-OH is 1. The summed E-state index contributed by atoms with van der Waals surface area (Å²) in [4.78, 5) is 6.28. The Morgan fingerprint density at radius 2 is 1.20 bits per heavy atom. The zero-order chi connectivity index (χ0) is 34.0. The molecule has 2 aromatic heterocycles. The highest BCUT2D eigenvalue weighted by Gasteiger charge is 2.60. The predicted molar refractivity (Wildman–Crippen MR) is 149 cm³/mol. The van der Waals surface area contributed by atoms with Crippen LogP contribution >= 0.6 is 0 Å². The fourth-order valence-corrected chi connectivity index (χ4v) is 4.49. The lowest BCUT2D eigenvalue weighted by Crippen LogP contribution is -2.34. The second-order valence-electron chi connectivity index (χ2n) is 8.15. The molecule has 0 saturated carbocycles. The van der Waals surface area contributed by atoms with Crippen molar-refractivity contribution in [3.63, 3.8) is 0 Å². The molecule has 1 N–H and O–H groups in total. The smallest absolute Gasteiger partial charge is 0.400 e. The van der Waals surface area contributed by atoms with Gasteiger partial charge in [-0.2, -0.15) is 58.8 Å². The molecule has 0 aromatic carbocycles. The summed E-state index contributed by atoms with van der Waals surface area (Å²) < 4.78 is 144. The molecule has 0 fully saturated rings. The van der Waals surface area contributed by atoms with Crippen LogP contribution in [0.15, 0.2) is 45.4 Å². The SMILES string of the molecule is C.CC(c1ccc(C(F)(F)C(F)(F)F)nc1)S(C)(=O)=NC#N.CC(c1ccc(C(F)(F)C(F)(F)F)nc1)S(C)=NC#N.CO.[B]. The molecule has 8 nitrogen and oxygen atoms in total. The van der Waals surface area contributed by atoms with Gasteiger partial charge >= 0.3 is 24.2 Å². The number of pyridine rings is 2. The summed E-state index contributed by atoms with van der Waals surface area (Å²) >= 11 is 0. The lowest BCUT2D eigenvalue weighted by Gasteiger charge is -2.19. The number of hydrogen-bond donors (Lipinski definition) is 1. The molecule has 0 amide bonds. The van der Waals surface area contributed by atoms with E-state index in [2.05, 4.69) is 18.7 Å². The molecule has 3 radical (unpaired) electrons. The van der Waals surface area contributed by atoms with Crippen molar-refractivity contribution in [1.82, 2.24) is 9.97 Å². The molecule has 0 saturated heterocycles. The van der Waals surface area contributed by atoms with Gasteiger partial charge in [0.25, 0.3) is 0 Å². The molecule has 2 heterocycles. The average molecular weight is 697 g/mol. The van der Waals surface area contributed by atoms with E-state index < -0.39 is 61.3 Å². The van der Waals surface area contributed by atoms with Gasteiger partial charge in [0.15, 0.2) is 0 Å². The summed E-state index contributed by atoms with van der Waals surface area (Å²) in [5.74, 6) is -10.1. The average Bonchev–Trinajstić information content (AvgIpc) is 2.92. The topological polar surface area (TPSA) is 135 Å². The third-order valence-corrected chi connectivity index (χ3v) is 9.14. The van der Waals surface area contributed by atoms with Crippen molar-refractivity contribution in [2.75, 3.05) is 19.6 Å². The first-order chi connectivity index (χ1) is 19.5. The molecular formula is C24H28BF10N6O2S2. The van der Waals surface area contributed by atoms with Crippen molar-refractivity contribution in [2.45, 2.75) is 56.0 Å². The number of hydrogen-bond acceptors (Lipinski definition) is 8. The molecule has 0 aliphatic rings. The summed E-state index contributed by atoms with van der Waals surface area (Å²) in [5.41, 5.74) is -2.22. The van der Waals surface area contributed by atoms with Crippen LogP contribution in [-0.2, 0) is 32.3 Å². The Kier molecular flexibility index (Phi) is 18.5.